The molecule has 1 aromatic carbocycles. The summed E-state index contributed by atoms with van der Waals surface area (Å²) in [7, 11) is 2.96. The van der Waals surface area contributed by atoms with Crippen molar-refractivity contribution < 1.29 is 32.5 Å². The van der Waals surface area contributed by atoms with Gasteiger partial charge in [0.25, 0.3) is 5.56 Å². The van der Waals surface area contributed by atoms with Crippen LogP contribution in [0.4, 0.5) is 13.2 Å². The van der Waals surface area contributed by atoms with Crippen molar-refractivity contribution in [1.82, 2.24) is 14.5 Å². The predicted octanol–water partition coefficient (Wildman–Crippen LogP) is 3.53. The number of rotatable bonds is 6. The smallest absolute Gasteiger partial charge is 0.389 e. The Balaban J connectivity index is 1.63. The minimum Gasteiger partial charge on any atom is -0.493 e. The summed E-state index contributed by atoms with van der Waals surface area (Å²) in [5.41, 5.74) is -1.94. The quantitative estimate of drug-likeness (QED) is 0.638. The van der Waals surface area contributed by atoms with Crippen molar-refractivity contribution in [3.63, 3.8) is 0 Å². The molecule has 1 unspecified atom stereocenters. The van der Waals surface area contributed by atoms with Gasteiger partial charge in [-0.15, -0.1) is 0 Å². The fraction of sp³-hybridized carbons (Fsp3) is 0.640. The molecule has 2 aromatic rings. The van der Waals surface area contributed by atoms with Crippen molar-refractivity contribution in [1.29, 1.82) is 0 Å². The molecule has 1 saturated heterocycles. The first kappa shape index (κ1) is 26.2. The van der Waals surface area contributed by atoms with Gasteiger partial charge in [-0.05, 0) is 25.3 Å². The summed E-state index contributed by atoms with van der Waals surface area (Å²) < 4.78 is 50.6. The normalized spacial score (nSPS) is 22.7. The molecular formula is C25H32F3N3O5. The summed E-state index contributed by atoms with van der Waals surface area (Å²) in [5, 5.41) is 12.2. The summed E-state index contributed by atoms with van der Waals surface area (Å²) in [5.74, 6) is -0.914. The highest BCUT2D eigenvalue weighted by Crippen LogP contribution is 2.52. The van der Waals surface area contributed by atoms with Gasteiger partial charge in [-0.1, -0.05) is 19.8 Å². The number of piperidine rings is 1. The van der Waals surface area contributed by atoms with E-state index < -0.39 is 35.4 Å². The van der Waals surface area contributed by atoms with E-state index in [1.165, 1.54) is 36.9 Å². The number of hydrogen-bond acceptors (Lipinski definition) is 6. The molecule has 2 atom stereocenters. The van der Waals surface area contributed by atoms with Crippen molar-refractivity contribution in [2.45, 2.75) is 63.8 Å². The van der Waals surface area contributed by atoms with Gasteiger partial charge in [-0.2, -0.15) is 13.2 Å². The topological polar surface area (TPSA) is 93.9 Å². The summed E-state index contributed by atoms with van der Waals surface area (Å²) >= 11 is 0. The number of ether oxygens (including phenoxy) is 2. The van der Waals surface area contributed by atoms with Gasteiger partial charge >= 0.3 is 6.18 Å². The van der Waals surface area contributed by atoms with E-state index >= 15 is 0 Å². The first-order valence-electron chi connectivity index (χ1n) is 12.1. The van der Waals surface area contributed by atoms with E-state index in [9.17, 15) is 27.9 Å². The Morgan fingerprint density at radius 1 is 1.17 bits per heavy atom. The van der Waals surface area contributed by atoms with E-state index in [-0.39, 0.29) is 31.6 Å². The number of alkyl halides is 3. The molecule has 2 fully saturated rings. The maximum absolute atomic E-state index is 13.4. The molecule has 8 nitrogen and oxygen atoms in total. The van der Waals surface area contributed by atoms with Gasteiger partial charge in [-0.3, -0.25) is 14.2 Å². The molecule has 2 aliphatic rings. The van der Waals surface area contributed by atoms with Crippen molar-refractivity contribution in [3.8, 4) is 11.5 Å². The standard InChI is InChI=1S/C25H32F3N3O5/c1-16(12-25(26,27)28)21(32)30-9-8-24(34,23(13-30)6-4-5-7-23)14-31-15-29-18-11-20(36-3)19(35-2)10-17(18)22(31)33/h10-11,15-16,34H,4-9,12-14H2,1-3H3/t16-,24?/m1/s1. The summed E-state index contributed by atoms with van der Waals surface area (Å²) in [6, 6.07) is 3.16. The lowest BCUT2D eigenvalue weighted by atomic mass is 9.65. The summed E-state index contributed by atoms with van der Waals surface area (Å²) in [6.07, 6.45) is -1.12. The second kappa shape index (κ2) is 9.57. The second-order valence-corrected chi connectivity index (χ2v) is 10.2. The van der Waals surface area contributed by atoms with Gasteiger partial charge < -0.3 is 19.5 Å². The number of aromatic nitrogens is 2. The van der Waals surface area contributed by atoms with Gasteiger partial charge in [-0.25, -0.2) is 4.98 Å². The van der Waals surface area contributed by atoms with Crippen LogP contribution in [0.3, 0.4) is 0 Å². The Bertz CT molecular complexity index is 1190. The third-order valence-corrected chi connectivity index (χ3v) is 7.87. The Hall–Kier alpha value is -2.82. The van der Waals surface area contributed by atoms with Crippen LogP contribution in [0.2, 0.25) is 0 Å². The molecular weight excluding hydrogens is 479 g/mol. The first-order chi connectivity index (χ1) is 16.9. The molecule has 1 N–H and O–H groups in total. The monoisotopic (exact) mass is 511 g/mol. The number of aliphatic hydroxyl groups is 1. The average molecular weight is 512 g/mol. The maximum atomic E-state index is 13.4. The summed E-state index contributed by atoms with van der Waals surface area (Å²) in [6.45, 7) is 1.57. The fourth-order valence-electron chi connectivity index (χ4n) is 5.91. The van der Waals surface area contributed by atoms with E-state index in [1.807, 2.05) is 0 Å². The van der Waals surface area contributed by atoms with E-state index in [2.05, 4.69) is 4.98 Å². The lowest BCUT2D eigenvalue weighted by Crippen LogP contribution is -2.62. The van der Waals surface area contributed by atoms with Crippen LogP contribution in [0.5, 0.6) is 11.5 Å². The number of hydrogen-bond donors (Lipinski definition) is 1. The number of methoxy groups -OCH3 is 2. The van der Waals surface area contributed by atoms with Crippen LogP contribution in [0.15, 0.2) is 23.3 Å². The molecule has 0 bridgehead atoms. The average Bonchev–Trinajstić information content (AvgIpc) is 3.30. The Morgan fingerprint density at radius 3 is 2.42 bits per heavy atom. The molecule has 36 heavy (non-hydrogen) atoms. The number of likely N-dealkylation sites (tertiary alicyclic amines) is 1. The molecule has 1 aromatic heterocycles. The van der Waals surface area contributed by atoms with Gasteiger partial charge in [0.15, 0.2) is 11.5 Å². The number of benzene rings is 1. The molecule has 1 spiro atoms. The molecule has 1 saturated carbocycles. The van der Waals surface area contributed by atoms with Crippen LogP contribution in [0, 0.1) is 11.3 Å². The largest absolute Gasteiger partial charge is 0.493 e. The van der Waals surface area contributed by atoms with Crippen LogP contribution < -0.4 is 15.0 Å². The molecule has 1 aliphatic carbocycles. The molecule has 0 radical (unpaired) electrons. The van der Waals surface area contributed by atoms with Gasteiger partial charge in [0.2, 0.25) is 5.91 Å². The van der Waals surface area contributed by atoms with Crippen LogP contribution in [-0.2, 0) is 11.3 Å². The Morgan fingerprint density at radius 2 is 1.81 bits per heavy atom. The van der Waals surface area contributed by atoms with Crippen LogP contribution >= 0.6 is 0 Å². The van der Waals surface area contributed by atoms with Crippen molar-refractivity contribution in [2.75, 3.05) is 27.3 Å². The van der Waals surface area contributed by atoms with Crippen LogP contribution in [0.25, 0.3) is 10.9 Å². The molecule has 1 aliphatic heterocycles. The Kier molecular flexibility index (Phi) is 6.98. The number of fused-ring (bicyclic) bond motifs is 1. The minimum atomic E-state index is -4.42. The van der Waals surface area contributed by atoms with Crippen LogP contribution in [-0.4, -0.2) is 64.6 Å². The van der Waals surface area contributed by atoms with Gasteiger partial charge in [0.1, 0.15) is 0 Å². The highest BCUT2D eigenvalue weighted by atomic mass is 19.4. The first-order valence-corrected chi connectivity index (χ1v) is 12.1. The van der Waals surface area contributed by atoms with E-state index in [4.69, 9.17) is 9.47 Å². The third-order valence-electron chi connectivity index (χ3n) is 7.87. The maximum Gasteiger partial charge on any atom is 0.389 e. The molecule has 2 heterocycles. The zero-order chi connectivity index (χ0) is 26.3. The van der Waals surface area contributed by atoms with Crippen molar-refractivity contribution in [2.24, 2.45) is 11.3 Å². The zero-order valence-electron chi connectivity index (χ0n) is 20.7. The lowest BCUT2D eigenvalue weighted by molar-refractivity contribution is -0.172. The van der Waals surface area contributed by atoms with Crippen LogP contribution in [0.1, 0.15) is 45.4 Å². The van der Waals surface area contributed by atoms with Gasteiger partial charge in [0.05, 0.1) is 50.0 Å². The molecule has 4 rings (SSSR count). The minimum absolute atomic E-state index is 0.0246. The lowest BCUT2D eigenvalue weighted by Gasteiger charge is -2.52. The molecule has 11 heteroatoms. The van der Waals surface area contributed by atoms with E-state index in [0.29, 0.717) is 35.2 Å². The van der Waals surface area contributed by atoms with E-state index in [0.717, 1.165) is 12.8 Å². The Labute approximate surface area is 207 Å². The third kappa shape index (κ3) is 4.77. The number of amides is 1. The molecule has 198 valence electrons. The number of halogens is 3. The highest BCUT2D eigenvalue weighted by Gasteiger charge is 2.56. The van der Waals surface area contributed by atoms with Crippen molar-refractivity contribution >= 4 is 16.8 Å². The predicted molar refractivity (Wildman–Crippen MR) is 126 cm³/mol. The highest BCUT2D eigenvalue weighted by molar-refractivity contribution is 5.81. The number of carbonyl (C=O) groups is 1. The SMILES string of the molecule is COc1cc2ncn(CC3(O)CCN(C(=O)[C@H](C)CC(F)(F)F)CC34CCCC4)c(=O)c2cc1OC. The number of nitrogens with zero attached hydrogens (tertiary/aromatic N) is 3. The number of carbonyl (C=O) groups excluding carboxylic acids is 1. The zero-order valence-corrected chi connectivity index (χ0v) is 20.7. The van der Waals surface area contributed by atoms with Crippen molar-refractivity contribution in [3.05, 3.63) is 28.8 Å². The second-order valence-electron chi connectivity index (χ2n) is 10.2. The van der Waals surface area contributed by atoms with E-state index in [1.54, 1.807) is 12.1 Å². The van der Waals surface area contributed by atoms with Gasteiger partial charge in [0, 0.05) is 30.5 Å². The fourth-order valence-corrected chi connectivity index (χ4v) is 5.91. The summed E-state index contributed by atoms with van der Waals surface area (Å²) in [4.78, 5) is 32.1. The molecule has 1 amide bonds.